The third-order valence-corrected chi connectivity index (χ3v) is 4.99. The van der Waals surface area contributed by atoms with Crippen molar-refractivity contribution in [3.63, 3.8) is 0 Å². The number of Topliss-reactive ketones (excluding diaryl/α,β-unsaturated/α-hetero) is 1. The third-order valence-electron chi connectivity index (χ3n) is 4.99. The van der Waals surface area contributed by atoms with Crippen LogP contribution in [0.15, 0.2) is 78.9 Å². The Labute approximate surface area is 158 Å². The summed E-state index contributed by atoms with van der Waals surface area (Å²) in [4.78, 5) is 13.5. The highest BCUT2D eigenvalue weighted by Crippen LogP contribution is 2.29. The maximum absolute atomic E-state index is 13.5. The zero-order valence-electron chi connectivity index (χ0n) is 15.1. The Bertz CT molecular complexity index is 1010. The second-order valence-electron chi connectivity index (χ2n) is 6.58. The van der Waals surface area contributed by atoms with Crippen LogP contribution in [0.25, 0.3) is 0 Å². The van der Waals surface area contributed by atoms with Crippen LogP contribution < -0.4 is 10.5 Å². The molecular formula is C23H21N2O2+. The minimum absolute atomic E-state index is 0.0135. The lowest BCUT2D eigenvalue weighted by Crippen LogP contribution is -2.31. The van der Waals surface area contributed by atoms with Crippen LogP contribution in [0.3, 0.4) is 0 Å². The number of benzene rings is 3. The van der Waals surface area contributed by atoms with E-state index < -0.39 is 6.04 Å². The van der Waals surface area contributed by atoms with Crippen LogP contribution in [-0.4, -0.2) is 23.3 Å². The predicted molar refractivity (Wildman–Crippen MR) is 105 cm³/mol. The zero-order chi connectivity index (χ0) is 18.8. The normalized spacial score (nSPS) is 14.0. The fourth-order valence-corrected chi connectivity index (χ4v) is 3.58. The maximum Gasteiger partial charge on any atom is 0.276 e. The second-order valence-corrected chi connectivity index (χ2v) is 6.58. The first kappa shape index (κ1) is 17.0. The van der Waals surface area contributed by atoms with E-state index in [0.717, 1.165) is 22.4 Å². The number of ketones is 1. The van der Waals surface area contributed by atoms with Crippen molar-refractivity contribution in [2.45, 2.75) is 12.6 Å². The molecule has 0 aliphatic carbocycles. The lowest BCUT2D eigenvalue weighted by Gasteiger charge is -2.18. The van der Waals surface area contributed by atoms with Gasteiger partial charge in [0.2, 0.25) is 5.78 Å². The van der Waals surface area contributed by atoms with Gasteiger partial charge in [-0.3, -0.25) is 10.5 Å². The van der Waals surface area contributed by atoms with Gasteiger partial charge in [-0.15, -0.1) is 0 Å². The van der Waals surface area contributed by atoms with E-state index in [9.17, 15) is 4.79 Å². The van der Waals surface area contributed by atoms with Gasteiger partial charge in [-0.05, 0) is 30.3 Å². The van der Waals surface area contributed by atoms with Crippen molar-refractivity contribution < 1.29 is 14.1 Å². The Kier molecular flexibility index (Phi) is 4.47. The molecule has 4 heteroatoms. The van der Waals surface area contributed by atoms with Crippen LogP contribution in [0.1, 0.15) is 33.1 Å². The van der Waals surface area contributed by atoms with Crippen molar-refractivity contribution in [2.75, 3.05) is 7.11 Å². The number of amidine groups is 1. The number of rotatable bonds is 5. The summed E-state index contributed by atoms with van der Waals surface area (Å²) in [5.41, 5.74) is 10.2. The van der Waals surface area contributed by atoms with Crippen LogP contribution in [0.2, 0.25) is 0 Å². The van der Waals surface area contributed by atoms with Crippen molar-refractivity contribution in [1.82, 2.24) is 0 Å². The van der Waals surface area contributed by atoms with Crippen LogP contribution >= 0.6 is 0 Å². The Hall–Kier alpha value is -3.40. The monoisotopic (exact) mass is 357 g/mol. The molecule has 1 aliphatic heterocycles. The van der Waals surface area contributed by atoms with Gasteiger partial charge in [0.1, 0.15) is 12.3 Å². The van der Waals surface area contributed by atoms with E-state index >= 15 is 0 Å². The third kappa shape index (κ3) is 3.10. The van der Waals surface area contributed by atoms with Gasteiger partial charge in [0.25, 0.3) is 5.84 Å². The first-order valence-electron chi connectivity index (χ1n) is 8.89. The molecule has 1 aliphatic rings. The molecular weight excluding hydrogens is 336 g/mol. The van der Waals surface area contributed by atoms with E-state index in [1.54, 1.807) is 31.4 Å². The van der Waals surface area contributed by atoms with E-state index in [4.69, 9.17) is 10.5 Å². The van der Waals surface area contributed by atoms with Gasteiger partial charge < -0.3 is 4.74 Å². The first-order chi connectivity index (χ1) is 13.2. The molecule has 0 bridgehead atoms. The molecule has 0 fully saturated rings. The fourth-order valence-electron chi connectivity index (χ4n) is 3.58. The average molecular weight is 357 g/mol. The number of carbonyl (C=O) groups is 1. The summed E-state index contributed by atoms with van der Waals surface area (Å²) in [6, 6.07) is 24.6. The maximum atomic E-state index is 13.5. The van der Waals surface area contributed by atoms with E-state index in [-0.39, 0.29) is 5.78 Å². The van der Waals surface area contributed by atoms with Crippen molar-refractivity contribution in [3.8, 4) is 5.75 Å². The molecule has 0 spiro atoms. The Morgan fingerprint density at radius 3 is 2.30 bits per heavy atom. The standard InChI is InChI=1S/C23H20N2O2/c1-27-19-13-11-17(12-14-19)22(26)21(16-7-3-2-4-8-16)25-15-18-9-5-6-10-20(18)23(25)24/h2-14,21,24H,15H2,1H3/p+1/t21-/m0/s1. The Morgan fingerprint density at radius 1 is 0.963 bits per heavy atom. The topological polar surface area (TPSA) is 55.3 Å². The van der Waals surface area contributed by atoms with Gasteiger partial charge in [0, 0.05) is 16.7 Å². The summed E-state index contributed by atoms with van der Waals surface area (Å²) in [7, 11) is 1.61. The highest BCUT2D eigenvalue weighted by molar-refractivity contribution is 6.02. The highest BCUT2D eigenvalue weighted by atomic mass is 16.5. The largest absolute Gasteiger partial charge is 0.497 e. The minimum atomic E-state index is -0.480. The van der Waals surface area contributed by atoms with Gasteiger partial charge in [0.15, 0.2) is 6.04 Å². The number of methoxy groups -OCH3 is 1. The molecule has 0 saturated heterocycles. The van der Waals surface area contributed by atoms with Crippen molar-refractivity contribution >= 4 is 11.6 Å². The molecule has 3 aromatic carbocycles. The number of fused-ring (bicyclic) bond motifs is 1. The molecule has 0 radical (unpaired) electrons. The molecule has 0 unspecified atom stereocenters. The molecule has 3 aromatic rings. The fraction of sp³-hybridized carbons (Fsp3) is 0.130. The summed E-state index contributed by atoms with van der Waals surface area (Å²) in [6.45, 7) is 0.615. The van der Waals surface area contributed by atoms with Crippen LogP contribution in [-0.2, 0) is 6.54 Å². The van der Waals surface area contributed by atoms with Crippen LogP contribution in [0.4, 0.5) is 0 Å². The Balaban J connectivity index is 1.79. The number of nitrogens with zero attached hydrogens (tertiary/aromatic N) is 1. The summed E-state index contributed by atoms with van der Waals surface area (Å²) >= 11 is 0. The molecule has 27 heavy (non-hydrogen) atoms. The summed E-state index contributed by atoms with van der Waals surface area (Å²) in [5, 5.41) is 0. The van der Waals surface area contributed by atoms with Gasteiger partial charge in [-0.25, -0.2) is 4.58 Å². The van der Waals surface area contributed by atoms with Gasteiger partial charge in [0.05, 0.1) is 12.7 Å². The lowest BCUT2D eigenvalue weighted by atomic mass is 9.96. The van der Waals surface area contributed by atoms with Crippen molar-refractivity contribution in [2.24, 2.45) is 5.73 Å². The zero-order valence-corrected chi connectivity index (χ0v) is 15.1. The summed E-state index contributed by atoms with van der Waals surface area (Å²) in [5.74, 6) is 1.38. The number of hydrogen-bond acceptors (Lipinski definition) is 3. The van der Waals surface area contributed by atoms with Gasteiger partial charge in [-0.1, -0.05) is 48.5 Å². The highest BCUT2D eigenvalue weighted by Gasteiger charge is 2.35. The number of nitrogens with two attached hydrogens (primary N) is 1. The molecule has 0 saturated carbocycles. The quantitative estimate of drug-likeness (QED) is 0.561. The summed E-state index contributed by atoms with van der Waals surface area (Å²) < 4.78 is 7.20. The van der Waals surface area contributed by atoms with E-state index in [1.165, 1.54) is 0 Å². The molecule has 2 N–H and O–H groups in total. The molecule has 0 amide bonds. The minimum Gasteiger partial charge on any atom is -0.497 e. The number of carbonyl (C=O) groups excluding carboxylic acids is 1. The van der Waals surface area contributed by atoms with Crippen LogP contribution in [0.5, 0.6) is 5.75 Å². The molecule has 0 aromatic heterocycles. The van der Waals surface area contributed by atoms with Crippen LogP contribution in [0, 0.1) is 0 Å². The molecule has 1 atom stereocenters. The van der Waals surface area contributed by atoms with Gasteiger partial charge >= 0.3 is 0 Å². The van der Waals surface area contributed by atoms with Crippen molar-refractivity contribution in [3.05, 3.63) is 101 Å². The van der Waals surface area contributed by atoms with Crippen molar-refractivity contribution in [1.29, 1.82) is 0 Å². The average Bonchev–Trinajstić information content (AvgIpc) is 3.05. The predicted octanol–water partition coefficient (Wildman–Crippen LogP) is 3.55. The molecule has 134 valence electrons. The van der Waals surface area contributed by atoms with Gasteiger partial charge in [-0.2, -0.15) is 0 Å². The van der Waals surface area contributed by atoms with E-state index in [2.05, 4.69) is 6.07 Å². The molecule has 4 nitrogen and oxygen atoms in total. The summed E-state index contributed by atoms with van der Waals surface area (Å²) in [6.07, 6.45) is 0. The number of ether oxygens (including phenoxy) is 1. The van der Waals surface area contributed by atoms with E-state index in [0.29, 0.717) is 17.9 Å². The van der Waals surface area contributed by atoms with E-state index in [1.807, 2.05) is 53.1 Å². The first-order valence-corrected chi connectivity index (χ1v) is 8.89. The molecule has 4 rings (SSSR count). The Morgan fingerprint density at radius 2 is 1.63 bits per heavy atom. The molecule has 1 heterocycles. The smallest absolute Gasteiger partial charge is 0.276 e. The lowest BCUT2D eigenvalue weighted by molar-refractivity contribution is -0.568. The SMILES string of the molecule is COc1ccc(C(=O)[C@H](c2ccccc2)[N+]2=C(N)c3ccccc3C2)cc1. The second kappa shape index (κ2) is 7.08. The number of hydrogen-bond donors (Lipinski definition) is 1.